The van der Waals surface area contributed by atoms with Crippen LogP contribution in [0.1, 0.15) is 24.0 Å². The van der Waals surface area contributed by atoms with Crippen LogP contribution in [0.3, 0.4) is 0 Å². The average molecular weight is 431 g/mol. The molecule has 0 unspecified atom stereocenters. The van der Waals surface area contributed by atoms with Crippen LogP contribution in [0.2, 0.25) is 0 Å². The van der Waals surface area contributed by atoms with Gasteiger partial charge in [0.25, 0.3) is 0 Å². The lowest BCUT2D eigenvalue weighted by molar-refractivity contribution is -0.137. The molecule has 1 heterocycles. The number of nitrogens with one attached hydrogen (secondary N) is 2. The van der Waals surface area contributed by atoms with Gasteiger partial charge in [-0.1, -0.05) is 30.3 Å². The fourth-order valence-electron chi connectivity index (χ4n) is 3.36. The molecule has 8 heteroatoms. The summed E-state index contributed by atoms with van der Waals surface area (Å²) in [5.74, 6) is -0.367. The van der Waals surface area contributed by atoms with Crippen molar-refractivity contribution in [3.8, 4) is 0 Å². The predicted molar refractivity (Wildman–Crippen MR) is 113 cm³/mol. The van der Waals surface area contributed by atoms with E-state index in [2.05, 4.69) is 10.6 Å². The number of piperidine rings is 1. The van der Waals surface area contributed by atoms with E-state index in [4.69, 9.17) is 0 Å². The Morgan fingerprint density at radius 1 is 1.00 bits per heavy atom. The van der Waals surface area contributed by atoms with E-state index < -0.39 is 11.7 Å². The number of rotatable bonds is 6. The van der Waals surface area contributed by atoms with E-state index in [1.54, 1.807) is 0 Å². The Kier molecular flexibility index (Phi) is 7.46. The highest BCUT2D eigenvalue weighted by Crippen LogP contribution is 2.29. The number of anilines is 1. The zero-order chi connectivity index (χ0) is 22.3. The standard InChI is InChI=1S/C23H24F3N3O2/c24-23(25,26)18-9-6-17(7-10-18)8-11-21(30)27-20-12-14-29(15-13-20)16-22(31)28-19-4-2-1-3-5-19/h1-11,20H,12-16H2,(H,27,30)(H,28,31)/b11-8+. The molecular formula is C23H24F3N3O2. The van der Waals surface area contributed by atoms with Crippen molar-refractivity contribution in [1.29, 1.82) is 0 Å². The van der Waals surface area contributed by atoms with E-state index in [1.807, 2.05) is 35.2 Å². The van der Waals surface area contributed by atoms with Gasteiger partial charge in [-0.3, -0.25) is 14.5 Å². The van der Waals surface area contributed by atoms with Gasteiger partial charge in [-0.05, 0) is 48.7 Å². The number of nitrogens with zero attached hydrogens (tertiary/aromatic N) is 1. The molecule has 0 radical (unpaired) electrons. The van der Waals surface area contributed by atoms with E-state index in [1.165, 1.54) is 24.3 Å². The molecule has 1 aliphatic heterocycles. The Morgan fingerprint density at radius 3 is 2.26 bits per heavy atom. The summed E-state index contributed by atoms with van der Waals surface area (Å²) >= 11 is 0. The van der Waals surface area contributed by atoms with Crippen LogP contribution in [0.25, 0.3) is 6.08 Å². The molecule has 0 atom stereocenters. The van der Waals surface area contributed by atoms with Gasteiger partial charge in [-0.15, -0.1) is 0 Å². The van der Waals surface area contributed by atoms with Crippen molar-refractivity contribution in [3.05, 3.63) is 71.8 Å². The summed E-state index contributed by atoms with van der Waals surface area (Å²) in [6.07, 6.45) is -0.130. The van der Waals surface area contributed by atoms with Gasteiger partial charge >= 0.3 is 6.18 Å². The molecule has 2 aromatic rings. The summed E-state index contributed by atoms with van der Waals surface area (Å²) in [5.41, 5.74) is 0.551. The van der Waals surface area contributed by atoms with Crippen LogP contribution in [0.5, 0.6) is 0 Å². The van der Waals surface area contributed by atoms with Crippen molar-refractivity contribution < 1.29 is 22.8 Å². The van der Waals surface area contributed by atoms with Crippen molar-refractivity contribution in [2.24, 2.45) is 0 Å². The van der Waals surface area contributed by atoms with Crippen molar-refractivity contribution >= 4 is 23.6 Å². The predicted octanol–water partition coefficient (Wildman–Crippen LogP) is 3.94. The fraction of sp³-hybridized carbons (Fsp3) is 0.304. The molecule has 0 spiro atoms. The van der Waals surface area contributed by atoms with Gasteiger partial charge in [0.1, 0.15) is 0 Å². The molecule has 31 heavy (non-hydrogen) atoms. The molecule has 1 saturated heterocycles. The monoisotopic (exact) mass is 431 g/mol. The van der Waals surface area contributed by atoms with E-state index in [0.29, 0.717) is 25.2 Å². The maximum Gasteiger partial charge on any atom is 0.416 e. The van der Waals surface area contributed by atoms with Crippen molar-refractivity contribution in [1.82, 2.24) is 10.2 Å². The first-order valence-corrected chi connectivity index (χ1v) is 10.0. The van der Waals surface area contributed by atoms with Crippen LogP contribution in [0, 0.1) is 0 Å². The number of carbonyl (C=O) groups is 2. The Bertz CT molecular complexity index is 904. The molecule has 2 N–H and O–H groups in total. The molecule has 0 bridgehead atoms. The van der Waals surface area contributed by atoms with E-state index in [0.717, 1.165) is 30.7 Å². The summed E-state index contributed by atoms with van der Waals surface area (Å²) in [4.78, 5) is 26.3. The largest absolute Gasteiger partial charge is 0.416 e. The molecule has 2 amide bonds. The first kappa shape index (κ1) is 22.6. The molecule has 5 nitrogen and oxygen atoms in total. The highest BCUT2D eigenvalue weighted by molar-refractivity contribution is 5.92. The number of likely N-dealkylation sites (tertiary alicyclic amines) is 1. The molecule has 1 aliphatic rings. The van der Waals surface area contributed by atoms with Crippen LogP contribution in [-0.2, 0) is 15.8 Å². The minimum atomic E-state index is -4.38. The van der Waals surface area contributed by atoms with Crippen LogP contribution >= 0.6 is 0 Å². The Balaban J connectivity index is 1.39. The summed E-state index contributed by atoms with van der Waals surface area (Å²) in [7, 11) is 0. The lowest BCUT2D eigenvalue weighted by Crippen LogP contribution is -2.46. The molecule has 0 saturated carbocycles. The summed E-state index contributed by atoms with van der Waals surface area (Å²) in [6, 6.07) is 13.9. The third-order valence-corrected chi connectivity index (χ3v) is 5.02. The SMILES string of the molecule is O=C(/C=C/c1ccc(C(F)(F)F)cc1)NC1CCN(CC(=O)Nc2ccccc2)CC1. The zero-order valence-corrected chi connectivity index (χ0v) is 16.9. The first-order chi connectivity index (χ1) is 14.8. The second-order valence-electron chi connectivity index (χ2n) is 7.43. The van der Waals surface area contributed by atoms with Gasteiger partial charge in [0, 0.05) is 30.9 Å². The Morgan fingerprint density at radius 2 is 1.65 bits per heavy atom. The summed E-state index contributed by atoms with van der Waals surface area (Å²) < 4.78 is 37.7. The van der Waals surface area contributed by atoms with Crippen LogP contribution < -0.4 is 10.6 Å². The van der Waals surface area contributed by atoms with Gasteiger partial charge < -0.3 is 10.6 Å². The van der Waals surface area contributed by atoms with Crippen LogP contribution in [0.15, 0.2) is 60.7 Å². The van der Waals surface area contributed by atoms with Crippen LogP contribution in [0.4, 0.5) is 18.9 Å². The first-order valence-electron chi connectivity index (χ1n) is 10.0. The normalized spacial score (nSPS) is 15.7. The van der Waals surface area contributed by atoms with Gasteiger partial charge in [-0.2, -0.15) is 13.2 Å². The fourth-order valence-corrected chi connectivity index (χ4v) is 3.36. The maximum atomic E-state index is 12.6. The second-order valence-corrected chi connectivity index (χ2v) is 7.43. The van der Waals surface area contributed by atoms with Gasteiger partial charge in [-0.25, -0.2) is 0 Å². The number of alkyl halides is 3. The molecule has 2 aromatic carbocycles. The lowest BCUT2D eigenvalue weighted by Gasteiger charge is -2.31. The third kappa shape index (κ3) is 7.25. The van der Waals surface area contributed by atoms with Crippen molar-refractivity contribution in [2.75, 3.05) is 25.0 Å². The second kappa shape index (κ2) is 10.3. The molecule has 164 valence electrons. The Hall–Kier alpha value is -3.13. The smallest absolute Gasteiger partial charge is 0.350 e. The van der Waals surface area contributed by atoms with Gasteiger partial charge in [0.05, 0.1) is 12.1 Å². The zero-order valence-electron chi connectivity index (χ0n) is 16.9. The summed E-state index contributed by atoms with van der Waals surface area (Å²) in [6.45, 7) is 1.68. The number of halogens is 3. The number of benzene rings is 2. The lowest BCUT2D eigenvalue weighted by atomic mass is 10.0. The number of para-hydroxylation sites is 1. The maximum absolute atomic E-state index is 12.6. The van der Waals surface area contributed by atoms with E-state index in [9.17, 15) is 22.8 Å². The average Bonchev–Trinajstić information content (AvgIpc) is 2.74. The minimum Gasteiger partial charge on any atom is -0.350 e. The van der Waals surface area contributed by atoms with Gasteiger partial charge in [0.2, 0.25) is 11.8 Å². The number of carbonyl (C=O) groups excluding carboxylic acids is 2. The molecule has 1 fully saturated rings. The van der Waals surface area contributed by atoms with E-state index >= 15 is 0 Å². The Labute approximate surface area is 178 Å². The summed E-state index contributed by atoms with van der Waals surface area (Å²) in [5, 5.41) is 5.76. The van der Waals surface area contributed by atoms with E-state index in [-0.39, 0.29) is 17.9 Å². The minimum absolute atomic E-state index is 0.00168. The van der Waals surface area contributed by atoms with Gasteiger partial charge in [0.15, 0.2) is 0 Å². The highest BCUT2D eigenvalue weighted by Gasteiger charge is 2.29. The van der Waals surface area contributed by atoms with Crippen molar-refractivity contribution in [3.63, 3.8) is 0 Å². The number of hydrogen-bond acceptors (Lipinski definition) is 3. The number of hydrogen-bond donors (Lipinski definition) is 2. The van der Waals surface area contributed by atoms with Crippen molar-refractivity contribution in [2.45, 2.75) is 25.1 Å². The number of amides is 2. The highest BCUT2D eigenvalue weighted by atomic mass is 19.4. The molecular weight excluding hydrogens is 407 g/mol. The molecule has 3 rings (SSSR count). The molecule has 0 aromatic heterocycles. The topological polar surface area (TPSA) is 61.4 Å². The quantitative estimate of drug-likeness (QED) is 0.682. The third-order valence-electron chi connectivity index (χ3n) is 5.02. The molecule has 0 aliphatic carbocycles. The van der Waals surface area contributed by atoms with Crippen LogP contribution in [-0.4, -0.2) is 42.4 Å².